The van der Waals surface area contributed by atoms with Crippen LogP contribution < -0.4 is 5.73 Å². The topological polar surface area (TPSA) is 102 Å². The van der Waals surface area contributed by atoms with Gasteiger partial charge in [0.2, 0.25) is 5.91 Å². The molecule has 0 aromatic heterocycles. The van der Waals surface area contributed by atoms with Gasteiger partial charge in [0, 0.05) is 19.6 Å². The van der Waals surface area contributed by atoms with E-state index in [1.807, 2.05) is 25.7 Å². The molecule has 6 rings (SSSR count). The van der Waals surface area contributed by atoms with Crippen LogP contribution in [0.5, 0.6) is 0 Å². The maximum absolute atomic E-state index is 13.2. The molecule has 0 aromatic rings. The number of rotatable bonds is 2. The maximum atomic E-state index is 13.2. The van der Waals surface area contributed by atoms with Crippen LogP contribution in [0.3, 0.4) is 0 Å². The smallest absolute Gasteiger partial charge is 0.410 e. The van der Waals surface area contributed by atoms with E-state index in [4.69, 9.17) is 15.2 Å². The van der Waals surface area contributed by atoms with E-state index in [0.29, 0.717) is 25.6 Å². The highest BCUT2D eigenvalue weighted by molar-refractivity contribution is 5.81. The van der Waals surface area contributed by atoms with Gasteiger partial charge in [0.25, 0.3) is 0 Å². The van der Waals surface area contributed by atoms with Crippen molar-refractivity contribution in [3.63, 3.8) is 0 Å². The molecule has 4 aliphatic carbocycles. The molecular formula is C24H37N3O5. The van der Waals surface area contributed by atoms with Crippen LogP contribution in [0.15, 0.2) is 0 Å². The lowest BCUT2D eigenvalue weighted by Gasteiger charge is -2.58. The summed E-state index contributed by atoms with van der Waals surface area (Å²) in [5, 5.41) is 0. The summed E-state index contributed by atoms with van der Waals surface area (Å²) in [6.07, 6.45) is 6.35. The highest BCUT2D eigenvalue weighted by Gasteiger charge is 2.59. The van der Waals surface area contributed by atoms with Crippen LogP contribution in [0.1, 0.15) is 72.1 Å². The van der Waals surface area contributed by atoms with Crippen LogP contribution in [-0.2, 0) is 14.3 Å². The lowest BCUT2D eigenvalue weighted by molar-refractivity contribution is -0.161. The average molecular weight is 448 g/mol. The molecule has 2 saturated heterocycles. The van der Waals surface area contributed by atoms with Gasteiger partial charge in [-0.1, -0.05) is 0 Å². The average Bonchev–Trinajstić information content (AvgIpc) is 3.30. The molecule has 3 amide bonds. The standard InChI is InChI=1S/C24H37N3O5/c1-22(2,3)32-21(30)27-7-4-5-24(27)6-8-26(14-24)20(29)31-18-16-9-15-10-17(18)13-23(11-15,12-16)19(25)28/h15-18H,4-14H2,1-3H3,(H2,25,28). The number of nitrogens with zero attached hydrogens (tertiary/aromatic N) is 2. The molecule has 1 spiro atoms. The Balaban J connectivity index is 1.23. The third-order valence-corrected chi connectivity index (χ3v) is 8.75. The molecule has 0 aromatic carbocycles. The number of likely N-dealkylation sites (tertiary alicyclic amines) is 2. The fourth-order valence-electron chi connectivity index (χ4n) is 7.64. The largest absolute Gasteiger partial charge is 0.446 e. The molecule has 3 unspecified atom stereocenters. The molecule has 0 radical (unpaired) electrons. The van der Waals surface area contributed by atoms with Crippen molar-refractivity contribution >= 4 is 18.1 Å². The zero-order chi connectivity index (χ0) is 22.9. The second-order valence-corrected chi connectivity index (χ2v) is 12.1. The quantitative estimate of drug-likeness (QED) is 0.700. The third-order valence-electron chi connectivity index (χ3n) is 8.75. The van der Waals surface area contributed by atoms with E-state index in [9.17, 15) is 14.4 Å². The fraction of sp³-hybridized carbons (Fsp3) is 0.875. The summed E-state index contributed by atoms with van der Waals surface area (Å²) in [5.41, 5.74) is 4.51. The fourth-order valence-corrected chi connectivity index (χ4v) is 7.64. The number of hydrogen-bond acceptors (Lipinski definition) is 5. The van der Waals surface area contributed by atoms with Gasteiger partial charge in [-0.3, -0.25) is 4.79 Å². The second kappa shape index (κ2) is 7.26. The van der Waals surface area contributed by atoms with Gasteiger partial charge in [-0.25, -0.2) is 9.59 Å². The minimum Gasteiger partial charge on any atom is -0.446 e. The van der Waals surface area contributed by atoms with Gasteiger partial charge in [0.05, 0.1) is 11.0 Å². The Morgan fingerprint density at radius 3 is 2.28 bits per heavy atom. The van der Waals surface area contributed by atoms with Crippen molar-refractivity contribution in [2.24, 2.45) is 28.9 Å². The molecule has 178 valence electrons. The normalized spacial score (nSPS) is 40.2. The molecule has 2 heterocycles. The Morgan fingerprint density at radius 1 is 0.969 bits per heavy atom. The number of amides is 3. The van der Waals surface area contributed by atoms with Crippen molar-refractivity contribution < 1.29 is 23.9 Å². The van der Waals surface area contributed by atoms with Crippen LogP contribution >= 0.6 is 0 Å². The van der Waals surface area contributed by atoms with E-state index >= 15 is 0 Å². The Morgan fingerprint density at radius 2 is 1.66 bits per heavy atom. The number of primary amides is 1. The summed E-state index contributed by atoms with van der Waals surface area (Å²) in [6.45, 7) is 7.38. The molecule has 8 heteroatoms. The second-order valence-electron chi connectivity index (χ2n) is 12.1. The zero-order valence-corrected chi connectivity index (χ0v) is 19.6. The van der Waals surface area contributed by atoms with Gasteiger partial charge >= 0.3 is 12.2 Å². The van der Waals surface area contributed by atoms with Gasteiger partial charge in [0.15, 0.2) is 0 Å². The van der Waals surface area contributed by atoms with E-state index in [1.165, 1.54) is 0 Å². The molecule has 4 saturated carbocycles. The Bertz CT molecular complexity index is 807. The monoisotopic (exact) mass is 447 g/mol. The van der Waals surface area contributed by atoms with Gasteiger partial charge in [-0.2, -0.15) is 0 Å². The minimum atomic E-state index is -0.542. The predicted molar refractivity (Wildman–Crippen MR) is 117 cm³/mol. The summed E-state index contributed by atoms with van der Waals surface area (Å²) >= 11 is 0. The van der Waals surface area contributed by atoms with Gasteiger partial charge in [-0.15, -0.1) is 0 Å². The molecule has 2 aliphatic heterocycles. The van der Waals surface area contributed by atoms with Gasteiger partial charge in [-0.05, 0) is 89.9 Å². The van der Waals surface area contributed by atoms with Gasteiger partial charge < -0.3 is 25.0 Å². The lowest BCUT2D eigenvalue weighted by Crippen LogP contribution is -2.59. The maximum Gasteiger partial charge on any atom is 0.410 e. The van der Waals surface area contributed by atoms with Crippen molar-refractivity contribution in [1.29, 1.82) is 0 Å². The Hall–Kier alpha value is -1.99. The van der Waals surface area contributed by atoms with Crippen molar-refractivity contribution in [2.75, 3.05) is 19.6 Å². The Labute approximate surface area is 190 Å². The van der Waals surface area contributed by atoms with E-state index in [1.54, 1.807) is 4.90 Å². The van der Waals surface area contributed by atoms with Crippen LogP contribution in [0, 0.1) is 23.2 Å². The van der Waals surface area contributed by atoms with Crippen LogP contribution in [0.4, 0.5) is 9.59 Å². The van der Waals surface area contributed by atoms with Crippen molar-refractivity contribution in [3.8, 4) is 0 Å². The number of carbonyl (C=O) groups is 3. The first-order chi connectivity index (χ1) is 15.0. The van der Waals surface area contributed by atoms with Crippen LogP contribution in [0.25, 0.3) is 0 Å². The number of carbonyl (C=O) groups excluding carboxylic acids is 3. The first kappa shape index (κ1) is 21.8. The number of ether oxygens (including phenoxy) is 2. The first-order valence-electron chi connectivity index (χ1n) is 12.3. The number of nitrogens with two attached hydrogens (primary N) is 1. The van der Waals surface area contributed by atoms with E-state index in [2.05, 4.69) is 0 Å². The van der Waals surface area contributed by atoms with Crippen molar-refractivity contribution in [2.45, 2.75) is 89.4 Å². The summed E-state index contributed by atoms with van der Waals surface area (Å²) in [6, 6.07) is 0. The predicted octanol–water partition coefficient (Wildman–Crippen LogP) is 3.28. The Kier molecular flexibility index (Phi) is 4.95. The third kappa shape index (κ3) is 3.54. The van der Waals surface area contributed by atoms with Gasteiger partial charge in [0.1, 0.15) is 11.7 Å². The summed E-state index contributed by atoms with van der Waals surface area (Å²) in [5.74, 6) is 0.829. The molecule has 6 aliphatic rings. The molecule has 8 nitrogen and oxygen atoms in total. The molecule has 2 N–H and O–H groups in total. The van der Waals surface area contributed by atoms with E-state index < -0.39 is 5.60 Å². The van der Waals surface area contributed by atoms with Crippen molar-refractivity contribution in [3.05, 3.63) is 0 Å². The summed E-state index contributed by atoms with van der Waals surface area (Å²) < 4.78 is 11.7. The highest BCUT2D eigenvalue weighted by Crippen LogP contribution is 2.60. The number of hydrogen-bond donors (Lipinski definition) is 1. The summed E-state index contributed by atoms with van der Waals surface area (Å²) in [7, 11) is 0. The zero-order valence-electron chi connectivity index (χ0n) is 19.6. The summed E-state index contributed by atoms with van der Waals surface area (Å²) in [4.78, 5) is 41.8. The van der Waals surface area contributed by atoms with Crippen LogP contribution in [-0.4, -0.2) is 64.8 Å². The minimum absolute atomic E-state index is 0.117. The molecule has 32 heavy (non-hydrogen) atoms. The molecular weight excluding hydrogens is 410 g/mol. The SMILES string of the molecule is CC(C)(C)OC(=O)N1CCCC12CCN(C(=O)OC1C3CC4CC1CC(C(N)=O)(C4)C3)C2. The molecule has 4 bridgehead atoms. The first-order valence-corrected chi connectivity index (χ1v) is 12.3. The highest BCUT2D eigenvalue weighted by atomic mass is 16.6. The van der Waals surface area contributed by atoms with E-state index in [0.717, 1.165) is 51.4 Å². The van der Waals surface area contributed by atoms with Crippen molar-refractivity contribution in [1.82, 2.24) is 9.80 Å². The molecule has 6 fully saturated rings. The molecule has 3 atom stereocenters. The van der Waals surface area contributed by atoms with E-state index in [-0.39, 0.29) is 47.0 Å². The lowest BCUT2D eigenvalue weighted by atomic mass is 9.48. The van der Waals surface area contributed by atoms with Crippen LogP contribution in [0.2, 0.25) is 0 Å².